The van der Waals surface area contributed by atoms with E-state index in [9.17, 15) is 4.79 Å². The third-order valence-electron chi connectivity index (χ3n) is 3.32. The van der Waals surface area contributed by atoms with E-state index in [4.69, 9.17) is 25.5 Å². The lowest BCUT2D eigenvalue weighted by Gasteiger charge is -2.20. The number of carbonyl (C=O) groups excluding carboxylic acids is 1. The zero-order chi connectivity index (χ0) is 15.5. The summed E-state index contributed by atoms with van der Waals surface area (Å²) in [5.74, 6) is 2.05. The highest BCUT2D eigenvalue weighted by Gasteiger charge is 2.16. The monoisotopic (exact) mass is 321 g/mol. The van der Waals surface area contributed by atoms with Gasteiger partial charge in [-0.15, -0.1) is 0 Å². The van der Waals surface area contributed by atoms with Crippen LogP contribution < -0.4 is 14.8 Å². The minimum absolute atomic E-state index is 0.225. The molecular formula is C16H16ClNO4. The number of halogens is 1. The predicted octanol–water partition coefficient (Wildman–Crippen LogP) is 2.99. The Morgan fingerprint density at radius 3 is 2.86 bits per heavy atom. The molecule has 1 aromatic carbocycles. The molecule has 5 nitrogen and oxygen atoms in total. The van der Waals surface area contributed by atoms with Crippen molar-refractivity contribution < 1.29 is 18.7 Å². The van der Waals surface area contributed by atoms with Crippen molar-refractivity contribution in [3.8, 4) is 11.5 Å². The fourth-order valence-corrected chi connectivity index (χ4v) is 2.56. The number of nitrogens with one attached hydrogen (secondary N) is 1. The van der Waals surface area contributed by atoms with Gasteiger partial charge in [0.25, 0.3) is 5.91 Å². The summed E-state index contributed by atoms with van der Waals surface area (Å²) in [4.78, 5) is 11.9. The van der Waals surface area contributed by atoms with Crippen LogP contribution in [0.25, 0.3) is 0 Å². The first-order valence-corrected chi connectivity index (χ1v) is 7.44. The van der Waals surface area contributed by atoms with Crippen LogP contribution in [0.3, 0.4) is 0 Å². The topological polar surface area (TPSA) is 60.7 Å². The number of ether oxygens (including phenoxy) is 2. The number of rotatable bonds is 4. The van der Waals surface area contributed by atoms with Crippen molar-refractivity contribution in [3.63, 3.8) is 0 Å². The smallest absolute Gasteiger partial charge is 0.287 e. The average molecular weight is 322 g/mol. The highest BCUT2D eigenvalue weighted by atomic mass is 35.5. The second-order valence-corrected chi connectivity index (χ2v) is 5.43. The number of carbonyl (C=O) groups is 1. The molecule has 0 bridgehead atoms. The number of furan rings is 1. The molecule has 6 heteroatoms. The van der Waals surface area contributed by atoms with Gasteiger partial charge in [-0.2, -0.15) is 0 Å². The van der Waals surface area contributed by atoms with Gasteiger partial charge in [0.1, 0.15) is 19.0 Å². The van der Waals surface area contributed by atoms with E-state index in [0.29, 0.717) is 54.2 Å². The minimum atomic E-state index is -0.225. The maximum Gasteiger partial charge on any atom is 0.287 e. The molecule has 1 aromatic heterocycles. The van der Waals surface area contributed by atoms with Gasteiger partial charge in [-0.25, -0.2) is 0 Å². The molecule has 116 valence electrons. The maximum atomic E-state index is 11.9. The summed E-state index contributed by atoms with van der Waals surface area (Å²) in [5.41, 5.74) is 0.977. The second kappa shape index (κ2) is 6.32. The van der Waals surface area contributed by atoms with Crippen molar-refractivity contribution in [1.82, 2.24) is 5.32 Å². The number of fused-ring (bicyclic) bond motifs is 1. The lowest BCUT2D eigenvalue weighted by Crippen LogP contribution is -2.25. The Hall–Kier alpha value is -2.14. The van der Waals surface area contributed by atoms with Crippen LogP contribution in [-0.4, -0.2) is 25.7 Å². The first kappa shape index (κ1) is 14.8. The van der Waals surface area contributed by atoms with Crippen molar-refractivity contribution in [1.29, 1.82) is 0 Å². The molecular weight excluding hydrogens is 306 g/mol. The van der Waals surface area contributed by atoms with Crippen molar-refractivity contribution in [3.05, 3.63) is 46.4 Å². The lowest BCUT2D eigenvalue weighted by molar-refractivity contribution is 0.0925. The Bertz CT molecular complexity index is 695. The molecule has 0 fully saturated rings. The number of benzene rings is 1. The number of amides is 1. The molecule has 0 saturated carbocycles. The summed E-state index contributed by atoms with van der Waals surface area (Å²) >= 11 is 6.18. The highest BCUT2D eigenvalue weighted by molar-refractivity contribution is 6.32. The van der Waals surface area contributed by atoms with Crippen LogP contribution in [0.1, 0.15) is 21.9 Å². The largest absolute Gasteiger partial charge is 0.486 e. The molecule has 22 heavy (non-hydrogen) atoms. The fourth-order valence-electron chi connectivity index (χ4n) is 2.27. The summed E-state index contributed by atoms with van der Waals surface area (Å²) in [6, 6.07) is 7.14. The van der Waals surface area contributed by atoms with Crippen molar-refractivity contribution in [2.45, 2.75) is 13.3 Å². The van der Waals surface area contributed by atoms with Crippen LogP contribution in [0, 0.1) is 6.92 Å². The van der Waals surface area contributed by atoms with E-state index >= 15 is 0 Å². The Morgan fingerprint density at radius 1 is 1.27 bits per heavy atom. The fraction of sp³-hybridized carbons (Fsp3) is 0.312. The average Bonchev–Trinajstić information content (AvgIpc) is 2.94. The summed E-state index contributed by atoms with van der Waals surface area (Å²) in [7, 11) is 0. The van der Waals surface area contributed by atoms with Crippen molar-refractivity contribution in [2.24, 2.45) is 0 Å². The molecule has 0 radical (unpaired) electrons. The molecule has 1 aliphatic heterocycles. The summed E-state index contributed by atoms with van der Waals surface area (Å²) in [5, 5.41) is 3.34. The zero-order valence-electron chi connectivity index (χ0n) is 12.1. The Balaban J connectivity index is 1.60. The van der Waals surface area contributed by atoms with Crippen LogP contribution >= 0.6 is 11.6 Å². The van der Waals surface area contributed by atoms with E-state index < -0.39 is 0 Å². The van der Waals surface area contributed by atoms with Gasteiger partial charge in [0.05, 0.1) is 5.02 Å². The SMILES string of the molecule is Cc1ccc(C(=O)NCCc2cc(Cl)c3c(c2)OCCO3)o1. The van der Waals surface area contributed by atoms with Gasteiger partial charge in [-0.05, 0) is 43.2 Å². The third-order valence-corrected chi connectivity index (χ3v) is 3.60. The maximum absolute atomic E-state index is 11.9. The van der Waals surface area contributed by atoms with E-state index in [1.54, 1.807) is 19.1 Å². The van der Waals surface area contributed by atoms with E-state index in [-0.39, 0.29) is 5.91 Å². The van der Waals surface area contributed by atoms with Crippen LogP contribution in [0.5, 0.6) is 11.5 Å². The molecule has 1 N–H and O–H groups in total. The van der Waals surface area contributed by atoms with Gasteiger partial charge < -0.3 is 19.2 Å². The van der Waals surface area contributed by atoms with E-state index in [2.05, 4.69) is 5.32 Å². The normalized spacial score (nSPS) is 13.0. The number of hydrogen-bond donors (Lipinski definition) is 1. The van der Waals surface area contributed by atoms with Gasteiger partial charge in [0.2, 0.25) is 0 Å². The van der Waals surface area contributed by atoms with Crippen molar-refractivity contribution in [2.75, 3.05) is 19.8 Å². The molecule has 0 saturated heterocycles. The Morgan fingerprint density at radius 2 is 2.09 bits per heavy atom. The molecule has 0 atom stereocenters. The molecule has 0 unspecified atom stereocenters. The summed E-state index contributed by atoms with van der Waals surface area (Å²) in [6.07, 6.45) is 0.641. The second-order valence-electron chi connectivity index (χ2n) is 5.02. The van der Waals surface area contributed by atoms with Crippen LogP contribution in [0.15, 0.2) is 28.7 Å². The van der Waals surface area contributed by atoms with E-state index in [1.807, 2.05) is 12.1 Å². The lowest BCUT2D eigenvalue weighted by atomic mass is 10.1. The minimum Gasteiger partial charge on any atom is -0.486 e. The standard InChI is InChI=1S/C16H16ClNO4/c1-10-2-3-13(22-10)16(19)18-5-4-11-8-12(17)15-14(9-11)20-6-7-21-15/h2-3,8-9H,4-7H2,1H3,(H,18,19). The number of hydrogen-bond acceptors (Lipinski definition) is 4. The van der Waals surface area contributed by atoms with E-state index in [1.165, 1.54) is 0 Å². The van der Waals surface area contributed by atoms with Crippen molar-refractivity contribution >= 4 is 17.5 Å². The molecule has 1 aliphatic rings. The summed E-state index contributed by atoms with van der Waals surface area (Å²) < 4.78 is 16.3. The van der Waals surface area contributed by atoms with Crippen LogP contribution in [-0.2, 0) is 6.42 Å². The first-order valence-electron chi connectivity index (χ1n) is 7.06. The molecule has 2 heterocycles. The third kappa shape index (κ3) is 3.20. The van der Waals surface area contributed by atoms with Gasteiger partial charge in [-0.1, -0.05) is 11.6 Å². The highest BCUT2D eigenvalue weighted by Crippen LogP contribution is 2.38. The van der Waals surface area contributed by atoms with Gasteiger partial charge in [-0.3, -0.25) is 4.79 Å². The molecule has 0 spiro atoms. The Labute approximate surface area is 133 Å². The van der Waals surface area contributed by atoms with Gasteiger partial charge >= 0.3 is 0 Å². The first-order chi connectivity index (χ1) is 10.6. The predicted molar refractivity (Wildman–Crippen MR) is 81.9 cm³/mol. The summed E-state index contributed by atoms with van der Waals surface area (Å²) in [6.45, 7) is 3.30. The number of aryl methyl sites for hydroxylation is 1. The van der Waals surface area contributed by atoms with E-state index in [0.717, 1.165) is 5.56 Å². The van der Waals surface area contributed by atoms with Gasteiger partial charge in [0, 0.05) is 6.54 Å². The quantitative estimate of drug-likeness (QED) is 0.940. The molecule has 3 rings (SSSR count). The zero-order valence-corrected chi connectivity index (χ0v) is 12.9. The molecule has 2 aromatic rings. The Kier molecular flexibility index (Phi) is 4.24. The van der Waals surface area contributed by atoms with Crippen LogP contribution in [0.4, 0.5) is 0 Å². The van der Waals surface area contributed by atoms with Gasteiger partial charge in [0.15, 0.2) is 17.3 Å². The molecule has 0 aliphatic carbocycles. The van der Waals surface area contributed by atoms with Crippen LogP contribution in [0.2, 0.25) is 5.02 Å². The molecule has 1 amide bonds.